The van der Waals surface area contributed by atoms with Crippen LogP contribution < -0.4 is 14.4 Å². The van der Waals surface area contributed by atoms with Gasteiger partial charge in [0.25, 0.3) is 6.29 Å². The first-order valence-electron chi connectivity index (χ1n) is 7.91. The van der Waals surface area contributed by atoms with E-state index in [1.807, 2.05) is 42.5 Å². The van der Waals surface area contributed by atoms with Crippen LogP contribution in [0.4, 0.5) is 5.69 Å². The van der Waals surface area contributed by atoms with Crippen molar-refractivity contribution in [3.63, 3.8) is 0 Å². The summed E-state index contributed by atoms with van der Waals surface area (Å²) in [6, 6.07) is 15.1. The van der Waals surface area contributed by atoms with Gasteiger partial charge in [0.05, 0.1) is 0 Å². The largest absolute Gasteiger partial charge is 0.447 e. The molecule has 0 saturated heterocycles. The van der Waals surface area contributed by atoms with Crippen LogP contribution in [-0.4, -0.2) is 19.2 Å². The Kier molecular flexibility index (Phi) is 4.79. The quantitative estimate of drug-likeness (QED) is 0.602. The van der Waals surface area contributed by atoms with E-state index < -0.39 is 6.29 Å². The molecule has 1 atom stereocenters. The Labute approximate surface area is 140 Å². The first-order valence-corrected chi connectivity index (χ1v) is 7.91. The average Bonchev–Trinajstić information content (AvgIpc) is 3.05. The fraction of sp³-hybridized carbons (Fsp3) is 0.263. The first kappa shape index (κ1) is 16.1. The Bertz CT molecular complexity index is 729. The molecule has 1 aliphatic rings. The second-order valence-corrected chi connectivity index (χ2v) is 5.62. The molecule has 0 N–H and O–H groups in total. The number of carbonyl (C=O) groups is 2. The number of fused-ring (bicyclic) bond motifs is 1. The molecule has 24 heavy (non-hydrogen) atoms. The summed E-state index contributed by atoms with van der Waals surface area (Å²) in [6.07, 6.45) is 1.67. The Morgan fingerprint density at radius 2 is 1.88 bits per heavy atom. The summed E-state index contributed by atoms with van der Waals surface area (Å²) >= 11 is 0. The van der Waals surface area contributed by atoms with E-state index in [4.69, 9.17) is 9.47 Å². The molecule has 1 unspecified atom stereocenters. The van der Waals surface area contributed by atoms with E-state index >= 15 is 0 Å². The van der Waals surface area contributed by atoms with Crippen LogP contribution in [-0.2, 0) is 9.59 Å². The third kappa shape index (κ3) is 3.40. The average molecular weight is 325 g/mol. The number of carbonyl (C=O) groups excluding carboxylic acids is 2. The van der Waals surface area contributed by atoms with E-state index in [0.29, 0.717) is 30.8 Å². The molecule has 3 rings (SSSR count). The minimum absolute atomic E-state index is 0.0321. The Hall–Kier alpha value is -2.82. The van der Waals surface area contributed by atoms with Crippen molar-refractivity contribution in [2.45, 2.75) is 25.6 Å². The number of rotatable bonds is 6. The monoisotopic (exact) mass is 325 g/mol. The van der Waals surface area contributed by atoms with Gasteiger partial charge < -0.3 is 19.2 Å². The standard InChI is InChI=1S/C19H19NO4/c1-20(18(22)9-5-6-12-21)15-10-11-16-17(13-15)24-19(23-16)14-7-3-2-4-8-14/h2-4,7-8,10-13,19H,5-6,9H2,1H3. The molecule has 5 heteroatoms. The number of hydrogen-bond donors (Lipinski definition) is 0. The molecule has 2 aromatic carbocycles. The van der Waals surface area contributed by atoms with Crippen LogP contribution in [0.5, 0.6) is 11.5 Å². The second kappa shape index (κ2) is 7.17. The molecule has 2 aromatic rings. The van der Waals surface area contributed by atoms with E-state index in [1.54, 1.807) is 18.0 Å². The molecule has 0 saturated carbocycles. The molecule has 1 heterocycles. The molecule has 1 amide bonds. The van der Waals surface area contributed by atoms with Crippen molar-refractivity contribution in [1.29, 1.82) is 0 Å². The van der Waals surface area contributed by atoms with Crippen molar-refractivity contribution in [2.24, 2.45) is 0 Å². The molecule has 0 aliphatic carbocycles. The fourth-order valence-corrected chi connectivity index (χ4v) is 2.54. The van der Waals surface area contributed by atoms with Crippen molar-refractivity contribution in [3.8, 4) is 11.5 Å². The lowest BCUT2D eigenvalue weighted by Crippen LogP contribution is -2.25. The number of nitrogens with zero attached hydrogens (tertiary/aromatic N) is 1. The van der Waals surface area contributed by atoms with Crippen molar-refractivity contribution in [2.75, 3.05) is 11.9 Å². The molecule has 1 aliphatic heterocycles. The van der Waals surface area contributed by atoms with Crippen molar-refractivity contribution in [3.05, 3.63) is 54.1 Å². The van der Waals surface area contributed by atoms with E-state index in [0.717, 1.165) is 17.5 Å². The molecule has 124 valence electrons. The number of unbranched alkanes of at least 4 members (excludes halogenated alkanes) is 1. The highest BCUT2D eigenvalue weighted by molar-refractivity contribution is 5.93. The zero-order valence-electron chi connectivity index (χ0n) is 13.5. The predicted octanol–water partition coefficient (Wildman–Crippen LogP) is 3.49. The Morgan fingerprint density at radius 3 is 2.62 bits per heavy atom. The van der Waals surface area contributed by atoms with Crippen LogP contribution in [0.2, 0.25) is 0 Å². The number of ether oxygens (including phenoxy) is 2. The number of aldehydes is 1. The van der Waals surface area contributed by atoms with Crippen LogP contribution >= 0.6 is 0 Å². The molecule has 0 bridgehead atoms. The summed E-state index contributed by atoms with van der Waals surface area (Å²) < 4.78 is 11.7. The maximum absolute atomic E-state index is 12.1. The van der Waals surface area contributed by atoms with Crippen LogP contribution in [0.1, 0.15) is 31.1 Å². The van der Waals surface area contributed by atoms with Gasteiger partial charge in [-0.25, -0.2) is 0 Å². The van der Waals surface area contributed by atoms with Gasteiger partial charge in [0.1, 0.15) is 6.29 Å². The number of benzene rings is 2. The minimum atomic E-state index is -0.468. The second-order valence-electron chi connectivity index (χ2n) is 5.62. The predicted molar refractivity (Wildman–Crippen MR) is 90.2 cm³/mol. The van der Waals surface area contributed by atoms with Gasteiger partial charge in [-0.1, -0.05) is 30.3 Å². The zero-order valence-corrected chi connectivity index (χ0v) is 13.5. The summed E-state index contributed by atoms with van der Waals surface area (Å²) in [4.78, 5) is 24.1. The van der Waals surface area contributed by atoms with E-state index in [9.17, 15) is 9.59 Å². The lowest BCUT2D eigenvalue weighted by atomic mass is 10.2. The summed E-state index contributed by atoms with van der Waals surface area (Å²) in [6.45, 7) is 0. The van der Waals surface area contributed by atoms with E-state index in [1.165, 1.54) is 0 Å². The lowest BCUT2D eigenvalue weighted by Gasteiger charge is -2.17. The molecule has 0 radical (unpaired) electrons. The highest BCUT2D eigenvalue weighted by Crippen LogP contribution is 2.42. The highest BCUT2D eigenvalue weighted by Gasteiger charge is 2.26. The van der Waals surface area contributed by atoms with Gasteiger partial charge >= 0.3 is 0 Å². The third-order valence-corrected chi connectivity index (χ3v) is 3.94. The molecule has 0 fully saturated rings. The number of anilines is 1. The fourth-order valence-electron chi connectivity index (χ4n) is 2.54. The molecular weight excluding hydrogens is 306 g/mol. The van der Waals surface area contributed by atoms with Gasteiger partial charge in [-0.15, -0.1) is 0 Å². The molecular formula is C19H19NO4. The molecule has 0 spiro atoms. The lowest BCUT2D eigenvalue weighted by molar-refractivity contribution is -0.118. The number of amides is 1. The highest BCUT2D eigenvalue weighted by atomic mass is 16.7. The minimum Gasteiger partial charge on any atom is -0.447 e. The Morgan fingerprint density at radius 1 is 1.12 bits per heavy atom. The third-order valence-electron chi connectivity index (χ3n) is 3.94. The molecule has 0 aromatic heterocycles. The van der Waals surface area contributed by atoms with Crippen LogP contribution in [0.25, 0.3) is 0 Å². The topological polar surface area (TPSA) is 55.8 Å². The van der Waals surface area contributed by atoms with Gasteiger partial charge in [-0.2, -0.15) is 0 Å². The summed E-state index contributed by atoms with van der Waals surface area (Å²) in [7, 11) is 1.72. The summed E-state index contributed by atoms with van der Waals surface area (Å²) in [5.74, 6) is 1.25. The molecule has 5 nitrogen and oxygen atoms in total. The maximum Gasteiger partial charge on any atom is 0.267 e. The van der Waals surface area contributed by atoms with Crippen LogP contribution in [0, 0.1) is 0 Å². The maximum atomic E-state index is 12.1. The Balaban J connectivity index is 1.70. The van der Waals surface area contributed by atoms with E-state index in [2.05, 4.69) is 0 Å². The first-order chi connectivity index (χ1) is 11.7. The van der Waals surface area contributed by atoms with Crippen molar-refractivity contribution >= 4 is 17.9 Å². The van der Waals surface area contributed by atoms with Crippen molar-refractivity contribution in [1.82, 2.24) is 0 Å². The SMILES string of the molecule is CN(C(=O)CCCC=O)c1ccc2c(c1)OC(c1ccccc1)O2. The van der Waals surface area contributed by atoms with Crippen molar-refractivity contribution < 1.29 is 19.1 Å². The normalized spacial score (nSPS) is 15.1. The van der Waals surface area contributed by atoms with Crippen LogP contribution in [0.3, 0.4) is 0 Å². The zero-order chi connectivity index (χ0) is 16.9. The smallest absolute Gasteiger partial charge is 0.267 e. The summed E-state index contributed by atoms with van der Waals surface area (Å²) in [5.41, 5.74) is 1.68. The number of hydrogen-bond acceptors (Lipinski definition) is 4. The van der Waals surface area contributed by atoms with Gasteiger partial charge in [0, 0.05) is 37.2 Å². The summed E-state index contributed by atoms with van der Waals surface area (Å²) in [5, 5.41) is 0. The van der Waals surface area contributed by atoms with Gasteiger partial charge in [-0.05, 0) is 18.6 Å². The van der Waals surface area contributed by atoms with Crippen LogP contribution in [0.15, 0.2) is 48.5 Å². The van der Waals surface area contributed by atoms with Gasteiger partial charge in [-0.3, -0.25) is 4.79 Å². The van der Waals surface area contributed by atoms with E-state index in [-0.39, 0.29) is 5.91 Å². The van der Waals surface area contributed by atoms with Gasteiger partial charge in [0.2, 0.25) is 5.91 Å². The van der Waals surface area contributed by atoms with Gasteiger partial charge in [0.15, 0.2) is 11.5 Å².